The molecule has 5 heterocycles. The van der Waals surface area contributed by atoms with Crippen molar-refractivity contribution in [2.45, 2.75) is 13.8 Å². The van der Waals surface area contributed by atoms with Crippen LogP contribution in [0.15, 0.2) is 89.4 Å². The fourth-order valence-corrected chi connectivity index (χ4v) is 8.05. The summed E-state index contributed by atoms with van der Waals surface area (Å²) >= 11 is 3.85. The first-order chi connectivity index (χ1) is 22.0. The van der Waals surface area contributed by atoms with Gasteiger partial charge in [-0.25, -0.2) is 9.97 Å². The molecule has 0 fully saturated rings. The molecule has 0 saturated carbocycles. The van der Waals surface area contributed by atoms with Crippen molar-refractivity contribution in [3.05, 3.63) is 112 Å². The summed E-state index contributed by atoms with van der Waals surface area (Å²) in [6, 6.07) is 28.4. The summed E-state index contributed by atoms with van der Waals surface area (Å²) in [6.45, 7) is 4.01. The lowest BCUT2D eigenvalue weighted by molar-refractivity contribution is 0.229. The van der Waals surface area contributed by atoms with E-state index in [2.05, 4.69) is 62.3 Å². The van der Waals surface area contributed by atoms with E-state index in [0.29, 0.717) is 16.7 Å². The Morgan fingerprint density at radius 1 is 0.600 bits per heavy atom. The Bertz CT molecular complexity index is 2040. The fraction of sp³-hybridized carbons (Fsp3) is 0.111. The van der Waals surface area contributed by atoms with E-state index in [-0.39, 0.29) is 13.2 Å². The molecule has 2 N–H and O–H groups in total. The monoisotopic (exact) mass is 676 g/mol. The molecule has 2 aromatic carbocycles. The maximum Gasteiger partial charge on any atom is 0.365 e. The fourth-order valence-electron chi connectivity index (χ4n) is 5.76. The minimum absolute atomic E-state index is 0.201. The molecule has 9 heteroatoms. The van der Waals surface area contributed by atoms with Crippen LogP contribution in [0.2, 0.25) is 0 Å². The van der Waals surface area contributed by atoms with Crippen LogP contribution in [0.4, 0.5) is 0 Å². The zero-order chi connectivity index (χ0) is 31.0. The number of nitrogens with zero attached hydrogens (tertiary/aromatic N) is 2. The van der Waals surface area contributed by atoms with Crippen LogP contribution in [0, 0.1) is 0 Å². The third-order valence-electron chi connectivity index (χ3n) is 7.66. The number of aromatic amines is 2. The average molecular weight is 678 g/mol. The molecule has 3 aromatic heterocycles. The summed E-state index contributed by atoms with van der Waals surface area (Å²) in [6.07, 6.45) is 7.63. The van der Waals surface area contributed by atoms with Crippen LogP contribution in [0.3, 0.4) is 0 Å². The smallest absolute Gasteiger partial charge is 0.354 e. The van der Waals surface area contributed by atoms with Crippen molar-refractivity contribution < 1.29 is 13.6 Å². The highest BCUT2D eigenvalue weighted by atomic mass is 79.9. The first-order valence-corrected chi connectivity index (χ1v) is 17.1. The number of rotatable bonds is 7. The van der Waals surface area contributed by atoms with Crippen molar-refractivity contribution >= 4 is 75.2 Å². The largest absolute Gasteiger partial charge is 0.365 e. The van der Waals surface area contributed by atoms with E-state index in [4.69, 9.17) is 19.0 Å². The van der Waals surface area contributed by atoms with E-state index < -0.39 is 7.60 Å². The second kappa shape index (κ2) is 12.2. The summed E-state index contributed by atoms with van der Waals surface area (Å²) in [5.41, 5.74) is 9.81. The third kappa shape index (κ3) is 5.45. The normalized spacial score (nSPS) is 12.6. The van der Waals surface area contributed by atoms with Crippen LogP contribution in [0.1, 0.15) is 36.6 Å². The standard InChI is InChI=1S/C36H30BrN4O3P/c1-3-43-45(42,44-4-2)36-31-21-17-27(40-31)33(23-11-7-5-8-12-23)25-15-19-29(38-25)35(37)30-20-16-26(39-30)34(24-13-9-6-10-14-24)28-18-22-32(36)41-28/h5-22,38-39H,3-4H2,1-2H3. The van der Waals surface area contributed by atoms with E-state index >= 15 is 0 Å². The molecule has 45 heavy (non-hydrogen) atoms. The number of aromatic nitrogens is 4. The van der Waals surface area contributed by atoms with Gasteiger partial charge >= 0.3 is 7.60 Å². The molecule has 0 amide bonds. The Morgan fingerprint density at radius 2 is 1.00 bits per heavy atom. The number of benzene rings is 2. The molecule has 0 saturated heterocycles. The second-order valence-electron chi connectivity index (χ2n) is 10.5. The van der Waals surface area contributed by atoms with Crippen molar-refractivity contribution in [1.82, 2.24) is 19.9 Å². The Morgan fingerprint density at radius 3 is 1.42 bits per heavy atom. The first kappa shape index (κ1) is 29.4. The van der Waals surface area contributed by atoms with Crippen molar-refractivity contribution in [2.24, 2.45) is 0 Å². The van der Waals surface area contributed by atoms with Gasteiger partial charge in [0, 0.05) is 22.2 Å². The van der Waals surface area contributed by atoms with E-state index in [9.17, 15) is 4.57 Å². The van der Waals surface area contributed by atoms with Gasteiger partial charge in [0.05, 0.1) is 51.5 Å². The van der Waals surface area contributed by atoms with Crippen molar-refractivity contribution in [2.75, 3.05) is 13.2 Å². The number of H-pyrrole nitrogens is 2. The lowest BCUT2D eigenvalue weighted by Crippen LogP contribution is -2.17. The van der Waals surface area contributed by atoms with Gasteiger partial charge in [0.25, 0.3) is 0 Å². The summed E-state index contributed by atoms with van der Waals surface area (Å²) in [5, 5.41) is 0.339. The van der Waals surface area contributed by atoms with Crippen LogP contribution in [-0.2, 0) is 13.6 Å². The maximum atomic E-state index is 14.6. The van der Waals surface area contributed by atoms with Crippen LogP contribution in [-0.4, -0.2) is 33.1 Å². The molecule has 2 aliphatic heterocycles. The van der Waals surface area contributed by atoms with Gasteiger partial charge in [-0.05, 0) is 89.5 Å². The molecular formula is C36H30BrN4O3P. The van der Waals surface area contributed by atoms with Crippen LogP contribution >= 0.6 is 23.5 Å². The Hall–Kier alpha value is -4.33. The van der Waals surface area contributed by atoms with Crippen LogP contribution in [0.25, 0.3) is 68.6 Å². The summed E-state index contributed by atoms with van der Waals surface area (Å²) in [4.78, 5) is 17.4. The average Bonchev–Trinajstić information content (AvgIpc) is 3.88. The van der Waals surface area contributed by atoms with Gasteiger partial charge < -0.3 is 19.0 Å². The lowest BCUT2D eigenvalue weighted by atomic mass is 10.0. The zero-order valence-electron chi connectivity index (χ0n) is 24.8. The Labute approximate surface area is 269 Å². The number of fused-ring (bicyclic) bond motifs is 8. The molecule has 5 aromatic rings. The van der Waals surface area contributed by atoms with Gasteiger partial charge in [-0.1, -0.05) is 60.7 Å². The number of nitrogens with one attached hydrogen (secondary N) is 2. The number of halogens is 1. The van der Waals surface area contributed by atoms with Crippen molar-refractivity contribution in [3.8, 4) is 22.3 Å². The SMILES string of the molecule is CCOP(=O)(OCC)c1c2nc(c(-c3ccccc3)c3ccc([nH]3)c(Br)c3ccc([nH]3)c(-c3ccccc3)c3nc1C=C3)C=C2. The quantitative estimate of drug-likeness (QED) is 0.164. The van der Waals surface area contributed by atoms with Crippen molar-refractivity contribution in [1.29, 1.82) is 0 Å². The molecule has 0 atom stereocenters. The second-order valence-corrected chi connectivity index (χ2v) is 13.2. The molecule has 0 unspecified atom stereocenters. The van der Waals surface area contributed by atoms with Gasteiger partial charge in [-0.3, -0.25) is 4.57 Å². The molecule has 0 radical (unpaired) electrons. The zero-order valence-corrected chi connectivity index (χ0v) is 27.2. The highest BCUT2D eigenvalue weighted by Crippen LogP contribution is 2.49. The van der Waals surface area contributed by atoms with Gasteiger partial charge in [-0.2, -0.15) is 0 Å². The first-order valence-electron chi connectivity index (χ1n) is 14.8. The van der Waals surface area contributed by atoms with Gasteiger partial charge in [0.1, 0.15) is 5.30 Å². The number of hydrogen-bond donors (Lipinski definition) is 2. The molecule has 0 spiro atoms. The Kier molecular flexibility index (Phi) is 7.98. The van der Waals surface area contributed by atoms with Gasteiger partial charge in [-0.15, -0.1) is 0 Å². The third-order valence-corrected chi connectivity index (χ3v) is 10.7. The van der Waals surface area contributed by atoms with Gasteiger partial charge in [0.15, 0.2) is 0 Å². The molecule has 2 aliphatic rings. The predicted molar refractivity (Wildman–Crippen MR) is 188 cm³/mol. The van der Waals surface area contributed by atoms with Crippen molar-refractivity contribution in [3.63, 3.8) is 0 Å². The molecule has 7 nitrogen and oxygen atoms in total. The van der Waals surface area contributed by atoms with E-state index in [1.54, 1.807) is 13.8 Å². The lowest BCUT2D eigenvalue weighted by Gasteiger charge is -2.18. The topological polar surface area (TPSA) is 92.9 Å². The molecule has 0 aliphatic carbocycles. The Balaban J connectivity index is 1.68. The minimum Gasteiger partial charge on any atom is -0.354 e. The van der Waals surface area contributed by atoms with E-state index in [1.807, 2.05) is 72.8 Å². The highest BCUT2D eigenvalue weighted by molar-refractivity contribution is 9.10. The highest BCUT2D eigenvalue weighted by Gasteiger charge is 2.34. The molecule has 7 rings (SSSR count). The number of hydrogen-bond acceptors (Lipinski definition) is 5. The predicted octanol–water partition coefficient (Wildman–Crippen LogP) is 9.64. The molecular weight excluding hydrogens is 647 g/mol. The van der Waals surface area contributed by atoms with Crippen LogP contribution in [0.5, 0.6) is 0 Å². The molecule has 8 bridgehead atoms. The minimum atomic E-state index is -3.83. The van der Waals surface area contributed by atoms with Crippen LogP contribution < -0.4 is 5.30 Å². The summed E-state index contributed by atoms with van der Waals surface area (Å²) in [5.74, 6) is 0. The summed E-state index contributed by atoms with van der Waals surface area (Å²) < 4.78 is 27.3. The van der Waals surface area contributed by atoms with Gasteiger partial charge in [0.2, 0.25) is 0 Å². The summed E-state index contributed by atoms with van der Waals surface area (Å²) in [7, 11) is -3.83. The van der Waals surface area contributed by atoms with E-state index in [0.717, 1.165) is 60.2 Å². The maximum absolute atomic E-state index is 14.6. The molecule has 224 valence electrons. The van der Waals surface area contributed by atoms with E-state index in [1.165, 1.54) is 0 Å².